The number of allylic oxidation sites excluding steroid dienone is 1. The van der Waals surface area contributed by atoms with Crippen LogP contribution in [0, 0.1) is 0 Å². The number of hydrogen-bond donors (Lipinski definition) is 2. The van der Waals surface area contributed by atoms with Crippen molar-refractivity contribution in [1.82, 2.24) is 15.5 Å². The summed E-state index contributed by atoms with van der Waals surface area (Å²) in [4.78, 5) is 46.8. The second-order valence-electron chi connectivity index (χ2n) is 7.97. The van der Waals surface area contributed by atoms with Crippen LogP contribution in [0.15, 0.2) is 12.2 Å². The van der Waals surface area contributed by atoms with Crippen molar-refractivity contribution in [2.24, 2.45) is 0 Å². The van der Waals surface area contributed by atoms with E-state index in [4.69, 9.17) is 4.74 Å². The molecule has 8 nitrogen and oxygen atoms in total. The fraction of sp³-hybridized carbons (Fsp3) is 0.727. The van der Waals surface area contributed by atoms with Gasteiger partial charge in [-0.05, 0) is 46.6 Å². The minimum Gasteiger partial charge on any atom is -0.375 e. The van der Waals surface area contributed by atoms with E-state index in [2.05, 4.69) is 10.6 Å². The van der Waals surface area contributed by atoms with E-state index in [0.717, 1.165) is 12.2 Å². The van der Waals surface area contributed by atoms with E-state index in [1.807, 2.05) is 41.5 Å². The van der Waals surface area contributed by atoms with Crippen molar-refractivity contribution in [3.05, 3.63) is 12.2 Å². The third-order valence-corrected chi connectivity index (χ3v) is 4.30. The number of hydrogen-bond acceptors (Lipinski definition) is 5. The molecular formula is C22H41N3O5. The Labute approximate surface area is 181 Å². The van der Waals surface area contributed by atoms with Gasteiger partial charge in [-0.2, -0.15) is 0 Å². The maximum atomic E-state index is 12.2. The lowest BCUT2D eigenvalue weighted by molar-refractivity contribution is -0.127. The standard InChI is InChI=1S/C20H35N3O5.C2H6/c1-19(2,12-15-28-20(3,4)11-9-16(25)21-5)22-17(26)10-13-23(6)18(27)8-7-14-24;1-2/h7-8,14H,9-13,15H2,1-6H3,(H,21,25)(H,22,26);1-2H3/b8-7-;. The molecular weight excluding hydrogens is 386 g/mol. The van der Waals surface area contributed by atoms with Crippen molar-refractivity contribution in [1.29, 1.82) is 0 Å². The summed E-state index contributed by atoms with van der Waals surface area (Å²) in [5, 5.41) is 5.53. The van der Waals surface area contributed by atoms with Crippen LogP contribution in [-0.4, -0.2) is 67.3 Å². The Balaban J connectivity index is 0. The molecule has 0 aromatic heterocycles. The predicted octanol–water partition coefficient (Wildman–Crippen LogP) is 2.22. The van der Waals surface area contributed by atoms with Crippen LogP contribution >= 0.6 is 0 Å². The SMILES string of the molecule is CC.CNC(=O)CCC(C)(C)OCCC(C)(C)NC(=O)CCN(C)C(=O)/C=C\C=O. The number of carbonyl (C=O) groups excluding carboxylic acids is 4. The molecule has 0 aliphatic carbocycles. The average Bonchev–Trinajstić information content (AvgIpc) is 2.69. The molecule has 0 aliphatic rings. The van der Waals surface area contributed by atoms with Gasteiger partial charge in [-0.3, -0.25) is 19.2 Å². The molecule has 0 rings (SSSR count). The van der Waals surface area contributed by atoms with Crippen molar-refractivity contribution in [3.63, 3.8) is 0 Å². The summed E-state index contributed by atoms with van der Waals surface area (Å²) in [5.41, 5.74) is -0.890. The second kappa shape index (κ2) is 15.6. The van der Waals surface area contributed by atoms with Crippen LogP contribution in [0.25, 0.3) is 0 Å². The van der Waals surface area contributed by atoms with Crippen molar-refractivity contribution in [3.8, 4) is 0 Å². The normalized spacial score (nSPS) is 11.3. The van der Waals surface area contributed by atoms with E-state index in [0.29, 0.717) is 32.2 Å². The smallest absolute Gasteiger partial charge is 0.246 e. The van der Waals surface area contributed by atoms with Crippen LogP contribution in [0.2, 0.25) is 0 Å². The molecule has 0 aromatic rings. The molecule has 0 bridgehead atoms. The fourth-order valence-corrected chi connectivity index (χ4v) is 2.32. The molecule has 0 radical (unpaired) electrons. The quantitative estimate of drug-likeness (QED) is 0.346. The second-order valence-corrected chi connectivity index (χ2v) is 7.97. The van der Waals surface area contributed by atoms with E-state index in [1.165, 1.54) is 4.90 Å². The maximum absolute atomic E-state index is 12.2. The van der Waals surface area contributed by atoms with Crippen LogP contribution in [-0.2, 0) is 23.9 Å². The molecule has 174 valence electrons. The van der Waals surface area contributed by atoms with Crippen LogP contribution in [0.1, 0.15) is 67.2 Å². The Morgan fingerprint density at radius 1 is 1.00 bits per heavy atom. The highest BCUT2D eigenvalue weighted by atomic mass is 16.5. The minimum atomic E-state index is -0.464. The largest absolute Gasteiger partial charge is 0.375 e. The zero-order chi connectivity index (χ0) is 23.8. The number of carbonyl (C=O) groups is 4. The summed E-state index contributed by atoms with van der Waals surface area (Å²) >= 11 is 0. The molecule has 2 N–H and O–H groups in total. The first-order chi connectivity index (χ1) is 13.9. The molecule has 0 atom stereocenters. The van der Waals surface area contributed by atoms with E-state index in [9.17, 15) is 19.2 Å². The summed E-state index contributed by atoms with van der Waals surface area (Å²) in [6.45, 7) is 12.4. The maximum Gasteiger partial charge on any atom is 0.246 e. The summed E-state index contributed by atoms with van der Waals surface area (Å²) in [6.07, 6.45) is 4.60. The third-order valence-electron chi connectivity index (χ3n) is 4.30. The van der Waals surface area contributed by atoms with Gasteiger partial charge in [-0.25, -0.2) is 0 Å². The Bertz CT molecular complexity index is 571. The number of nitrogens with one attached hydrogen (secondary N) is 2. The van der Waals surface area contributed by atoms with Crippen molar-refractivity contribution >= 4 is 24.0 Å². The lowest BCUT2D eigenvalue weighted by atomic mass is 9.99. The first kappa shape index (κ1) is 30.0. The number of rotatable bonds is 13. The van der Waals surface area contributed by atoms with Gasteiger partial charge in [0.15, 0.2) is 0 Å². The van der Waals surface area contributed by atoms with Gasteiger partial charge in [-0.15, -0.1) is 0 Å². The molecule has 0 saturated heterocycles. The van der Waals surface area contributed by atoms with E-state index in [-0.39, 0.29) is 30.7 Å². The molecule has 3 amide bonds. The average molecular weight is 428 g/mol. The molecule has 0 spiro atoms. The fourth-order valence-electron chi connectivity index (χ4n) is 2.32. The van der Waals surface area contributed by atoms with Crippen LogP contribution in [0.5, 0.6) is 0 Å². The topological polar surface area (TPSA) is 105 Å². The van der Waals surface area contributed by atoms with Crippen LogP contribution < -0.4 is 10.6 Å². The molecule has 0 aromatic carbocycles. The van der Waals surface area contributed by atoms with Gasteiger partial charge in [0.1, 0.15) is 6.29 Å². The van der Waals surface area contributed by atoms with Crippen molar-refractivity contribution < 1.29 is 23.9 Å². The van der Waals surface area contributed by atoms with E-state index < -0.39 is 11.1 Å². The minimum absolute atomic E-state index is 0.0191. The zero-order valence-electron chi connectivity index (χ0n) is 20.0. The van der Waals surface area contributed by atoms with Gasteiger partial charge in [0.2, 0.25) is 17.7 Å². The van der Waals surface area contributed by atoms with E-state index in [1.54, 1.807) is 14.1 Å². The molecule has 30 heavy (non-hydrogen) atoms. The van der Waals surface area contributed by atoms with Crippen LogP contribution in [0.4, 0.5) is 0 Å². The van der Waals surface area contributed by atoms with Crippen molar-refractivity contribution in [2.45, 2.75) is 78.4 Å². The summed E-state index contributed by atoms with van der Waals surface area (Å²) in [6, 6.07) is 0. The molecule has 8 heteroatoms. The Morgan fingerprint density at radius 2 is 1.60 bits per heavy atom. The van der Waals surface area contributed by atoms with Crippen molar-refractivity contribution in [2.75, 3.05) is 27.2 Å². The first-order valence-electron chi connectivity index (χ1n) is 10.4. The Kier molecular flexibility index (Phi) is 15.6. The Morgan fingerprint density at radius 3 is 2.13 bits per heavy atom. The van der Waals surface area contributed by atoms with Gasteiger partial charge < -0.3 is 20.3 Å². The summed E-state index contributed by atoms with van der Waals surface area (Å²) in [5.74, 6) is -0.510. The summed E-state index contributed by atoms with van der Waals surface area (Å²) in [7, 11) is 3.18. The first-order valence-corrected chi connectivity index (χ1v) is 10.4. The number of ether oxygens (including phenoxy) is 1. The number of nitrogens with zero attached hydrogens (tertiary/aromatic N) is 1. The number of aldehydes is 1. The highest BCUT2D eigenvalue weighted by Gasteiger charge is 2.24. The van der Waals surface area contributed by atoms with Crippen LogP contribution in [0.3, 0.4) is 0 Å². The van der Waals surface area contributed by atoms with Gasteiger partial charge in [0, 0.05) is 51.7 Å². The molecule has 0 heterocycles. The predicted molar refractivity (Wildman–Crippen MR) is 119 cm³/mol. The number of amides is 3. The zero-order valence-corrected chi connectivity index (χ0v) is 20.0. The molecule has 0 fully saturated rings. The van der Waals surface area contributed by atoms with Gasteiger partial charge >= 0.3 is 0 Å². The lowest BCUT2D eigenvalue weighted by Gasteiger charge is -2.30. The highest BCUT2D eigenvalue weighted by molar-refractivity contribution is 5.91. The number of likely N-dealkylation sites (N-methyl/N-ethyl adjacent to an activating group) is 1. The van der Waals surface area contributed by atoms with Gasteiger partial charge in [0.25, 0.3) is 0 Å². The lowest BCUT2D eigenvalue weighted by Crippen LogP contribution is -2.45. The molecule has 0 aliphatic heterocycles. The van der Waals surface area contributed by atoms with E-state index >= 15 is 0 Å². The summed E-state index contributed by atoms with van der Waals surface area (Å²) < 4.78 is 5.89. The highest BCUT2D eigenvalue weighted by Crippen LogP contribution is 2.19. The molecule has 0 saturated carbocycles. The monoisotopic (exact) mass is 427 g/mol. The third kappa shape index (κ3) is 15.7. The molecule has 0 unspecified atom stereocenters. The Hall–Kier alpha value is -2.22. The van der Waals surface area contributed by atoms with Gasteiger partial charge in [0.05, 0.1) is 5.60 Å². The van der Waals surface area contributed by atoms with Gasteiger partial charge in [-0.1, -0.05) is 13.8 Å².